The summed E-state index contributed by atoms with van der Waals surface area (Å²) >= 11 is 1.79. The molecule has 0 saturated heterocycles. The lowest BCUT2D eigenvalue weighted by Crippen LogP contribution is -2.07. The van der Waals surface area contributed by atoms with Gasteiger partial charge < -0.3 is 10.3 Å². The molecule has 0 aliphatic heterocycles. The molecule has 3 heterocycles. The van der Waals surface area contributed by atoms with Crippen molar-refractivity contribution in [3.63, 3.8) is 0 Å². The zero-order chi connectivity index (χ0) is 12.5. The van der Waals surface area contributed by atoms with Crippen molar-refractivity contribution in [2.75, 3.05) is 5.32 Å². The van der Waals surface area contributed by atoms with Gasteiger partial charge in [-0.15, -0.1) is 11.3 Å². The fourth-order valence-corrected chi connectivity index (χ4v) is 2.72. The molecule has 2 N–H and O–H groups in total. The first-order valence-corrected chi connectivity index (χ1v) is 6.52. The number of aromatic amines is 1. The Morgan fingerprint density at radius 1 is 1.28 bits per heavy atom. The third-order valence-corrected chi connectivity index (χ3v) is 3.95. The molecule has 0 unspecified atom stereocenters. The van der Waals surface area contributed by atoms with Gasteiger partial charge in [0.15, 0.2) is 11.5 Å². The molecule has 3 aromatic rings. The molecule has 6 heteroatoms. The van der Waals surface area contributed by atoms with Gasteiger partial charge in [-0.2, -0.15) is 0 Å². The molecule has 0 radical (unpaired) electrons. The van der Waals surface area contributed by atoms with Crippen molar-refractivity contribution in [1.29, 1.82) is 0 Å². The minimum absolute atomic E-state index is 0.213. The average molecular weight is 259 g/mol. The minimum atomic E-state index is 0.213. The number of aryl methyl sites for hydroxylation is 1. The molecule has 0 aromatic carbocycles. The monoisotopic (exact) mass is 259 g/mol. The largest absolute Gasteiger partial charge is 0.361 e. The van der Waals surface area contributed by atoms with Crippen molar-refractivity contribution >= 4 is 28.3 Å². The molecule has 18 heavy (non-hydrogen) atoms. The Kier molecular flexibility index (Phi) is 2.71. The predicted molar refractivity (Wildman–Crippen MR) is 72.8 cm³/mol. The van der Waals surface area contributed by atoms with E-state index in [2.05, 4.69) is 51.2 Å². The van der Waals surface area contributed by atoms with E-state index >= 15 is 0 Å². The van der Waals surface area contributed by atoms with E-state index in [0.29, 0.717) is 5.65 Å². The molecule has 0 aliphatic carbocycles. The van der Waals surface area contributed by atoms with Crippen molar-refractivity contribution in [3.05, 3.63) is 34.5 Å². The maximum atomic E-state index is 4.26. The SMILES string of the molecule is Cc1ccc([C@H](C)Nc2ncnc3nc[nH]c23)s1. The van der Waals surface area contributed by atoms with E-state index in [-0.39, 0.29) is 6.04 Å². The van der Waals surface area contributed by atoms with Crippen LogP contribution in [-0.2, 0) is 0 Å². The molecule has 92 valence electrons. The molecule has 0 aliphatic rings. The van der Waals surface area contributed by atoms with Crippen LogP contribution in [0.2, 0.25) is 0 Å². The van der Waals surface area contributed by atoms with Gasteiger partial charge in [-0.05, 0) is 26.0 Å². The van der Waals surface area contributed by atoms with E-state index < -0.39 is 0 Å². The Morgan fingerprint density at radius 2 is 2.17 bits per heavy atom. The summed E-state index contributed by atoms with van der Waals surface area (Å²) in [5.41, 5.74) is 1.53. The van der Waals surface area contributed by atoms with Gasteiger partial charge in [0.25, 0.3) is 0 Å². The maximum Gasteiger partial charge on any atom is 0.182 e. The van der Waals surface area contributed by atoms with Crippen molar-refractivity contribution < 1.29 is 0 Å². The number of nitrogens with zero attached hydrogens (tertiary/aromatic N) is 3. The van der Waals surface area contributed by atoms with Crippen LogP contribution in [0.4, 0.5) is 5.82 Å². The van der Waals surface area contributed by atoms with Gasteiger partial charge in [0.2, 0.25) is 0 Å². The zero-order valence-electron chi connectivity index (χ0n) is 10.1. The number of anilines is 1. The molecule has 3 rings (SSSR count). The first-order chi connectivity index (χ1) is 8.74. The number of hydrogen-bond donors (Lipinski definition) is 2. The lowest BCUT2D eigenvalue weighted by molar-refractivity contribution is 0.896. The lowest BCUT2D eigenvalue weighted by Gasteiger charge is -2.12. The second kappa shape index (κ2) is 4.38. The van der Waals surface area contributed by atoms with Crippen LogP contribution < -0.4 is 5.32 Å². The second-order valence-electron chi connectivity index (χ2n) is 4.14. The first-order valence-electron chi connectivity index (χ1n) is 5.71. The fourth-order valence-electron chi connectivity index (χ4n) is 1.84. The van der Waals surface area contributed by atoms with E-state index in [0.717, 1.165) is 11.3 Å². The third kappa shape index (κ3) is 1.95. The summed E-state index contributed by atoms with van der Waals surface area (Å²) < 4.78 is 0. The standard InChI is InChI=1S/C12H13N5S/c1-7-3-4-9(18-7)8(2)17-12-10-11(14-5-13-10)15-6-16-12/h3-6,8H,1-2H3,(H2,13,14,15,16,17)/t8-/m0/s1. The van der Waals surface area contributed by atoms with Gasteiger partial charge in [0.1, 0.15) is 11.8 Å². The molecule has 5 nitrogen and oxygen atoms in total. The molecule has 0 amide bonds. The number of hydrogen-bond acceptors (Lipinski definition) is 5. The van der Waals surface area contributed by atoms with Gasteiger partial charge in [-0.25, -0.2) is 15.0 Å². The summed E-state index contributed by atoms with van der Waals surface area (Å²) in [6.45, 7) is 4.23. The summed E-state index contributed by atoms with van der Waals surface area (Å²) in [6.07, 6.45) is 3.16. The number of thiophene rings is 1. The fraction of sp³-hybridized carbons (Fsp3) is 0.250. The average Bonchev–Trinajstić information content (AvgIpc) is 2.97. The Hall–Kier alpha value is -1.95. The molecule has 3 aromatic heterocycles. The highest BCUT2D eigenvalue weighted by molar-refractivity contribution is 7.12. The molecule has 0 fully saturated rings. The van der Waals surface area contributed by atoms with Crippen LogP contribution in [0.1, 0.15) is 22.7 Å². The number of nitrogens with one attached hydrogen (secondary N) is 2. The lowest BCUT2D eigenvalue weighted by atomic mass is 10.2. The van der Waals surface area contributed by atoms with Crippen LogP contribution in [0.5, 0.6) is 0 Å². The summed E-state index contributed by atoms with van der Waals surface area (Å²) in [7, 11) is 0. The number of H-pyrrole nitrogens is 1. The minimum Gasteiger partial charge on any atom is -0.361 e. The Balaban J connectivity index is 1.90. The molecular weight excluding hydrogens is 246 g/mol. The van der Waals surface area contributed by atoms with Crippen LogP contribution in [0.3, 0.4) is 0 Å². The quantitative estimate of drug-likeness (QED) is 0.759. The first kappa shape index (κ1) is 11.2. The van der Waals surface area contributed by atoms with E-state index in [9.17, 15) is 0 Å². The molecule has 0 saturated carbocycles. The summed E-state index contributed by atoms with van der Waals surface area (Å²) in [4.78, 5) is 18.1. The number of imidazole rings is 1. The van der Waals surface area contributed by atoms with Crippen LogP contribution in [-0.4, -0.2) is 19.9 Å². The number of fused-ring (bicyclic) bond motifs is 1. The van der Waals surface area contributed by atoms with Gasteiger partial charge >= 0.3 is 0 Å². The topological polar surface area (TPSA) is 66.5 Å². The normalized spacial score (nSPS) is 12.8. The smallest absolute Gasteiger partial charge is 0.182 e. The molecule has 0 spiro atoms. The number of rotatable bonds is 3. The Labute approximate surface area is 108 Å². The van der Waals surface area contributed by atoms with Crippen LogP contribution >= 0.6 is 11.3 Å². The summed E-state index contributed by atoms with van der Waals surface area (Å²) in [6, 6.07) is 4.48. The Morgan fingerprint density at radius 3 is 2.94 bits per heavy atom. The van der Waals surface area contributed by atoms with Crippen molar-refractivity contribution in [2.24, 2.45) is 0 Å². The van der Waals surface area contributed by atoms with E-state index in [1.54, 1.807) is 17.7 Å². The van der Waals surface area contributed by atoms with Crippen molar-refractivity contribution in [1.82, 2.24) is 19.9 Å². The zero-order valence-corrected chi connectivity index (χ0v) is 11.0. The van der Waals surface area contributed by atoms with Gasteiger partial charge in [-0.3, -0.25) is 0 Å². The van der Waals surface area contributed by atoms with Crippen LogP contribution in [0, 0.1) is 6.92 Å². The van der Waals surface area contributed by atoms with Gasteiger partial charge in [0.05, 0.1) is 12.4 Å². The van der Waals surface area contributed by atoms with Crippen molar-refractivity contribution in [3.8, 4) is 0 Å². The van der Waals surface area contributed by atoms with Gasteiger partial charge in [0, 0.05) is 9.75 Å². The molecule has 0 bridgehead atoms. The summed E-state index contributed by atoms with van der Waals surface area (Å²) in [5.74, 6) is 0.788. The highest BCUT2D eigenvalue weighted by Gasteiger charge is 2.11. The Bertz CT molecular complexity index is 672. The highest BCUT2D eigenvalue weighted by Crippen LogP contribution is 2.26. The summed E-state index contributed by atoms with van der Waals surface area (Å²) in [5, 5.41) is 3.39. The second-order valence-corrected chi connectivity index (χ2v) is 5.46. The van der Waals surface area contributed by atoms with Crippen LogP contribution in [0.25, 0.3) is 11.2 Å². The number of aromatic nitrogens is 4. The third-order valence-electron chi connectivity index (χ3n) is 2.76. The molecular formula is C12H13N5S. The van der Waals surface area contributed by atoms with Crippen LogP contribution in [0.15, 0.2) is 24.8 Å². The van der Waals surface area contributed by atoms with E-state index in [1.807, 2.05) is 0 Å². The predicted octanol–water partition coefficient (Wildman–Crippen LogP) is 2.90. The van der Waals surface area contributed by atoms with E-state index in [1.165, 1.54) is 16.1 Å². The maximum absolute atomic E-state index is 4.26. The van der Waals surface area contributed by atoms with Gasteiger partial charge in [-0.1, -0.05) is 0 Å². The van der Waals surface area contributed by atoms with E-state index in [4.69, 9.17) is 0 Å². The van der Waals surface area contributed by atoms with Crippen molar-refractivity contribution in [2.45, 2.75) is 19.9 Å². The molecule has 1 atom stereocenters. The highest BCUT2D eigenvalue weighted by atomic mass is 32.1.